The van der Waals surface area contributed by atoms with E-state index in [0.29, 0.717) is 11.3 Å². The van der Waals surface area contributed by atoms with Crippen molar-refractivity contribution in [1.29, 1.82) is 0 Å². The number of ketones is 1. The predicted octanol–water partition coefficient (Wildman–Crippen LogP) is 4.78. The second-order valence-electron chi connectivity index (χ2n) is 6.82. The molecule has 29 heavy (non-hydrogen) atoms. The lowest BCUT2D eigenvalue weighted by Gasteiger charge is -2.13. The Labute approximate surface area is 172 Å². The molecule has 0 saturated carbocycles. The number of para-hydroxylation sites is 1. The monoisotopic (exact) mass is 406 g/mol. The van der Waals surface area contributed by atoms with Gasteiger partial charge in [-0.05, 0) is 36.2 Å². The van der Waals surface area contributed by atoms with E-state index in [9.17, 15) is 9.18 Å². The first-order valence-corrected chi connectivity index (χ1v) is 10.1. The van der Waals surface area contributed by atoms with Gasteiger partial charge in [0.05, 0.1) is 5.52 Å². The summed E-state index contributed by atoms with van der Waals surface area (Å²) in [7, 11) is 1.88. The van der Waals surface area contributed by atoms with Gasteiger partial charge in [-0.2, -0.15) is 0 Å². The van der Waals surface area contributed by atoms with E-state index in [4.69, 9.17) is 0 Å². The number of hydrogen-bond acceptors (Lipinski definition) is 5. The van der Waals surface area contributed by atoms with E-state index >= 15 is 0 Å². The van der Waals surface area contributed by atoms with Crippen LogP contribution >= 0.6 is 11.8 Å². The third-order valence-electron chi connectivity index (χ3n) is 4.73. The van der Waals surface area contributed by atoms with Crippen LogP contribution in [0.5, 0.6) is 0 Å². The Morgan fingerprint density at radius 1 is 1.17 bits per heavy atom. The molecular weight excluding hydrogens is 387 g/mol. The second-order valence-corrected chi connectivity index (χ2v) is 8.13. The fourth-order valence-electron chi connectivity index (χ4n) is 3.07. The highest BCUT2D eigenvalue weighted by Crippen LogP contribution is 2.34. The van der Waals surface area contributed by atoms with Gasteiger partial charge in [0.25, 0.3) is 0 Å². The van der Waals surface area contributed by atoms with Gasteiger partial charge in [0.2, 0.25) is 0 Å². The molecule has 0 radical (unpaired) electrons. The molecule has 2 aromatic heterocycles. The number of pyridine rings is 1. The van der Waals surface area contributed by atoms with Crippen LogP contribution in [-0.2, 0) is 13.5 Å². The quantitative estimate of drug-likeness (QED) is 0.341. The molecule has 0 aliphatic heterocycles. The van der Waals surface area contributed by atoms with Crippen LogP contribution in [0.4, 0.5) is 4.39 Å². The van der Waals surface area contributed by atoms with Crippen LogP contribution in [0, 0.1) is 5.82 Å². The van der Waals surface area contributed by atoms with Crippen LogP contribution in [0.15, 0.2) is 66.1 Å². The molecule has 0 saturated heterocycles. The molecule has 7 heteroatoms. The third-order valence-corrected chi connectivity index (χ3v) is 5.93. The maximum absolute atomic E-state index is 14.4. The van der Waals surface area contributed by atoms with E-state index in [2.05, 4.69) is 15.2 Å². The van der Waals surface area contributed by atoms with E-state index < -0.39 is 5.82 Å². The molecule has 0 unspecified atom stereocenters. The van der Waals surface area contributed by atoms with Gasteiger partial charge in [-0.25, -0.2) is 9.37 Å². The fourth-order valence-corrected chi connectivity index (χ4v) is 3.98. The molecule has 146 valence electrons. The zero-order valence-electron chi connectivity index (χ0n) is 16.0. The smallest absolute Gasteiger partial charge is 0.191 e. The minimum absolute atomic E-state index is 0.0335. The Kier molecular flexibility index (Phi) is 5.40. The van der Waals surface area contributed by atoms with Crippen LogP contribution in [0.2, 0.25) is 0 Å². The zero-order chi connectivity index (χ0) is 20.4. The number of hydrogen-bond donors (Lipinski definition) is 0. The lowest BCUT2D eigenvalue weighted by molar-refractivity contribution is 0.0987. The Hall–Kier alpha value is -3.06. The van der Waals surface area contributed by atoms with Crippen molar-refractivity contribution in [2.24, 2.45) is 7.05 Å². The first-order valence-electron chi connectivity index (χ1n) is 9.19. The maximum Gasteiger partial charge on any atom is 0.191 e. The van der Waals surface area contributed by atoms with Crippen molar-refractivity contribution < 1.29 is 9.18 Å². The Morgan fingerprint density at radius 3 is 2.79 bits per heavy atom. The second kappa shape index (κ2) is 8.13. The van der Waals surface area contributed by atoms with Crippen molar-refractivity contribution >= 4 is 28.4 Å². The summed E-state index contributed by atoms with van der Waals surface area (Å²) in [5.74, 6) is -0.598. The number of carbonyl (C=O) groups excluding carboxylic acids is 1. The van der Waals surface area contributed by atoms with Gasteiger partial charge >= 0.3 is 0 Å². The van der Waals surface area contributed by atoms with Gasteiger partial charge < -0.3 is 4.57 Å². The number of halogens is 1. The minimum atomic E-state index is -0.390. The van der Waals surface area contributed by atoms with E-state index in [1.807, 2.05) is 48.9 Å². The van der Waals surface area contributed by atoms with E-state index in [1.54, 1.807) is 24.5 Å². The number of aryl methyl sites for hydroxylation is 1. The third kappa shape index (κ3) is 4.19. The number of carbonyl (C=O) groups is 1. The number of benzene rings is 2. The molecule has 0 bridgehead atoms. The number of Topliss-reactive ketones (excluding diaryl/α,β-unsaturated/α-hetero) is 1. The number of rotatable bonds is 6. The number of aromatic nitrogens is 4. The molecule has 2 heterocycles. The lowest BCUT2D eigenvalue weighted by atomic mass is 10.0. The molecule has 0 amide bonds. The molecule has 0 fully saturated rings. The number of fused-ring (bicyclic) bond motifs is 1. The first-order chi connectivity index (χ1) is 14.0. The zero-order valence-corrected chi connectivity index (χ0v) is 16.9. The van der Waals surface area contributed by atoms with E-state index in [0.717, 1.165) is 21.6 Å². The summed E-state index contributed by atoms with van der Waals surface area (Å²) in [6, 6.07) is 16.1. The predicted molar refractivity (Wildman–Crippen MR) is 111 cm³/mol. The molecule has 0 aliphatic carbocycles. The molecule has 4 rings (SSSR count). The molecular formula is C22H19FN4OS. The molecule has 5 nitrogen and oxygen atoms in total. The van der Waals surface area contributed by atoms with Gasteiger partial charge in [-0.1, -0.05) is 48.2 Å². The molecule has 4 aromatic rings. The highest BCUT2D eigenvalue weighted by molar-refractivity contribution is 7.99. The van der Waals surface area contributed by atoms with Crippen molar-refractivity contribution in [2.45, 2.75) is 23.8 Å². The summed E-state index contributed by atoms with van der Waals surface area (Å²) in [5, 5.41) is 9.72. The van der Waals surface area contributed by atoms with Crippen LogP contribution < -0.4 is 0 Å². The topological polar surface area (TPSA) is 60.7 Å². The summed E-state index contributed by atoms with van der Waals surface area (Å²) in [4.78, 5) is 17.2. The normalized spacial score (nSPS) is 12.2. The summed E-state index contributed by atoms with van der Waals surface area (Å²) in [6.07, 6.45) is 1.60. The average Bonchev–Trinajstić information content (AvgIpc) is 3.13. The van der Waals surface area contributed by atoms with E-state index in [-0.39, 0.29) is 17.5 Å². The van der Waals surface area contributed by atoms with Crippen molar-refractivity contribution in [3.63, 3.8) is 0 Å². The average molecular weight is 406 g/mol. The summed E-state index contributed by atoms with van der Waals surface area (Å²) in [5.41, 5.74) is 2.39. The van der Waals surface area contributed by atoms with Crippen LogP contribution in [-0.4, -0.2) is 25.5 Å². The number of nitrogens with zero attached hydrogens (tertiary/aromatic N) is 4. The van der Waals surface area contributed by atoms with Crippen molar-refractivity contribution in [1.82, 2.24) is 19.7 Å². The van der Waals surface area contributed by atoms with Crippen LogP contribution in [0.25, 0.3) is 10.9 Å². The standard InChI is InChI=1S/C22H19FN4OS/c1-14(29-22-26-24-13-27(22)2)16-7-9-18(23)17(11-16)12-21(28)20-10-8-15-5-3-4-6-19(15)25-20/h3-11,13-14H,12H2,1-2H3/t14-/m1/s1. The van der Waals surface area contributed by atoms with Gasteiger partial charge in [-0.3, -0.25) is 4.79 Å². The number of thioether (sulfide) groups is 1. The van der Waals surface area contributed by atoms with Crippen molar-refractivity contribution in [3.8, 4) is 0 Å². The minimum Gasteiger partial charge on any atom is -0.312 e. The van der Waals surface area contributed by atoms with Gasteiger partial charge in [0, 0.05) is 24.1 Å². The molecule has 2 aromatic carbocycles. The van der Waals surface area contributed by atoms with Crippen molar-refractivity contribution in [3.05, 3.63) is 83.6 Å². The first kappa shape index (κ1) is 19.3. The molecule has 1 atom stereocenters. The molecule has 0 N–H and O–H groups in total. The SMILES string of the molecule is C[C@@H](Sc1nncn1C)c1ccc(F)c(CC(=O)c2ccc3ccccc3n2)c1. The summed E-state index contributed by atoms with van der Waals surface area (Å²) < 4.78 is 16.2. The van der Waals surface area contributed by atoms with Crippen molar-refractivity contribution in [2.75, 3.05) is 0 Å². The fraction of sp³-hybridized carbons (Fsp3) is 0.182. The van der Waals surface area contributed by atoms with Crippen LogP contribution in [0.1, 0.15) is 33.8 Å². The van der Waals surface area contributed by atoms with E-state index in [1.165, 1.54) is 17.8 Å². The van der Waals surface area contributed by atoms with Gasteiger partial charge in [0.1, 0.15) is 17.8 Å². The maximum atomic E-state index is 14.4. The Bertz CT molecular complexity index is 1190. The Morgan fingerprint density at radius 2 is 2.00 bits per heavy atom. The van der Waals surface area contributed by atoms with Gasteiger partial charge in [-0.15, -0.1) is 10.2 Å². The highest BCUT2D eigenvalue weighted by atomic mass is 32.2. The molecule has 0 aliphatic rings. The Balaban J connectivity index is 1.55. The van der Waals surface area contributed by atoms with Crippen LogP contribution in [0.3, 0.4) is 0 Å². The highest BCUT2D eigenvalue weighted by Gasteiger charge is 2.16. The summed E-state index contributed by atoms with van der Waals surface area (Å²) in [6.45, 7) is 2.02. The molecule has 0 spiro atoms. The lowest BCUT2D eigenvalue weighted by Crippen LogP contribution is -2.08. The largest absolute Gasteiger partial charge is 0.312 e. The summed E-state index contributed by atoms with van der Waals surface area (Å²) >= 11 is 1.53. The van der Waals surface area contributed by atoms with Gasteiger partial charge in [0.15, 0.2) is 10.9 Å².